The summed E-state index contributed by atoms with van der Waals surface area (Å²) < 4.78 is 0. The van der Waals surface area contributed by atoms with E-state index >= 15 is 0 Å². The Labute approximate surface area is 131 Å². The van der Waals surface area contributed by atoms with E-state index in [1.165, 1.54) is 42.5 Å². The second kappa shape index (κ2) is 5.38. The number of anilines is 1. The van der Waals surface area contributed by atoms with Gasteiger partial charge in [-0.2, -0.15) is 0 Å². The molecule has 2 aromatic rings. The Morgan fingerprint density at radius 3 is 2.71 bits per heavy atom. The average molecular weight is 298 g/mol. The first-order valence-corrected chi connectivity index (χ1v) is 8.32. The van der Waals surface area contributed by atoms with Crippen molar-refractivity contribution in [2.24, 2.45) is 0 Å². The second-order valence-electron chi connectivity index (χ2n) is 6.31. The highest BCUT2D eigenvalue weighted by Crippen LogP contribution is 2.31. The molecular formula is C19H20ClN. The average Bonchev–Trinajstić information content (AvgIpc) is 2.89. The third-order valence-electron chi connectivity index (χ3n) is 4.86. The van der Waals surface area contributed by atoms with Crippen LogP contribution < -0.4 is 5.32 Å². The van der Waals surface area contributed by atoms with Crippen LogP contribution in [0.25, 0.3) is 0 Å². The van der Waals surface area contributed by atoms with Crippen LogP contribution in [0.4, 0.5) is 5.69 Å². The Balaban J connectivity index is 1.56. The van der Waals surface area contributed by atoms with Gasteiger partial charge in [-0.25, -0.2) is 0 Å². The first-order chi connectivity index (χ1) is 10.3. The summed E-state index contributed by atoms with van der Waals surface area (Å²) in [5, 5.41) is 4.65. The van der Waals surface area contributed by atoms with Crippen LogP contribution in [-0.4, -0.2) is 6.04 Å². The predicted molar refractivity (Wildman–Crippen MR) is 89.4 cm³/mol. The van der Waals surface area contributed by atoms with Gasteiger partial charge in [0.15, 0.2) is 0 Å². The Bertz CT molecular complexity index is 677. The molecule has 2 heteroatoms. The van der Waals surface area contributed by atoms with E-state index in [1.807, 2.05) is 6.07 Å². The smallest absolute Gasteiger partial charge is 0.0408 e. The van der Waals surface area contributed by atoms with Crippen molar-refractivity contribution >= 4 is 17.3 Å². The molecular weight excluding hydrogens is 278 g/mol. The zero-order valence-electron chi connectivity index (χ0n) is 12.2. The molecule has 1 nitrogen and oxygen atoms in total. The minimum Gasteiger partial charge on any atom is -0.381 e. The molecule has 0 saturated heterocycles. The van der Waals surface area contributed by atoms with Gasteiger partial charge in [-0.3, -0.25) is 0 Å². The van der Waals surface area contributed by atoms with Crippen LogP contribution in [0.2, 0.25) is 5.02 Å². The maximum Gasteiger partial charge on any atom is 0.0408 e. The van der Waals surface area contributed by atoms with E-state index in [2.05, 4.69) is 35.6 Å². The SMILES string of the molecule is Clc1ccc2c(c1)CC(Nc1cccc3c1CCCC3)C2. The fourth-order valence-electron chi connectivity index (χ4n) is 3.83. The summed E-state index contributed by atoms with van der Waals surface area (Å²) in [7, 11) is 0. The first-order valence-electron chi connectivity index (χ1n) is 7.94. The number of benzene rings is 2. The molecule has 0 aliphatic heterocycles. The van der Waals surface area contributed by atoms with Crippen LogP contribution in [0.3, 0.4) is 0 Å². The number of hydrogen-bond acceptors (Lipinski definition) is 1. The van der Waals surface area contributed by atoms with E-state index < -0.39 is 0 Å². The summed E-state index contributed by atoms with van der Waals surface area (Å²) >= 11 is 6.11. The maximum atomic E-state index is 6.11. The first kappa shape index (κ1) is 13.2. The molecule has 2 aliphatic carbocycles. The quantitative estimate of drug-likeness (QED) is 0.840. The van der Waals surface area contributed by atoms with E-state index in [0.717, 1.165) is 17.9 Å². The number of fused-ring (bicyclic) bond motifs is 2. The van der Waals surface area contributed by atoms with Crippen molar-refractivity contribution in [1.29, 1.82) is 0 Å². The van der Waals surface area contributed by atoms with Crippen molar-refractivity contribution in [2.45, 2.75) is 44.6 Å². The maximum absolute atomic E-state index is 6.11. The molecule has 1 N–H and O–H groups in total. The largest absolute Gasteiger partial charge is 0.381 e. The van der Waals surface area contributed by atoms with Crippen LogP contribution in [0.1, 0.15) is 35.1 Å². The van der Waals surface area contributed by atoms with Crippen molar-refractivity contribution < 1.29 is 0 Å². The molecule has 1 atom stereocenters. The van der Waals surface area contributed by atoms with Gasteiger partial charge < -0.3 is 5.32 Å². The van der Waals surface area contributed by atoms with Crippen LogP contribution in [0.5, 0.6) is 0 Å². The second-order valence-corrected chi connectivity index (χ2v) is 6.75. The Hall–Kier alpha value is -1.47. The molecule has 1 unspecified atom stereocenters. The molecule has 0 radical (unpaired) electrons. The third kappa shape index (κ3) is 2.55. The van der Waals surface area contributed by atoms with Crippen molar-refractivity contribution in [1.82, 2.24) is 0 Å². The zero-order chi connectivity index (χ0) is 14.2. The van der Waals surface area contributed by atoms with Gasteiger partial charge in [0.1, 0.15) is 0 Å². The summed E-state index contributed by atoms with van der Waals surface area (Å²) in [5.74, 6) is 0. The molecule has 108 valence electrons. The summed E-state index contributed by atoms with van der Waals surface area (Å²) in [6, 6.07) is 13.6. The fraction of sp³-hybridized carbons (Fsp3) is 0.368. The van der Waals surface area contributed by atoms with Crippen LogP contribution >= 0.6 is 11.6 Å². The molecule has 0 spiro atoms. The standard InChI is InChI=1S/C19H20ClN/c20-16-9-8-14-11-17(12-15(14)10-16)21-19-7-3-5-13-4-1-2-6-18(13)19/h3,5,7-10,17,21H,1-2,4,6,11-12H2. The number of aryl methyl sites for hydroxylation is 1. The minimum absolute atomic E-state index is 0.506. The third-order valence-corrected chi connectivity index (χ3v) is 5.09. The van der Waals surface area contributed by atoms with Crippen molar-refractivity contribution in [3.05, 3.63) is 63.7 Å². The molecule has 2 aliphatic rings. The Morgan fingerprint density at radius 2 is 1.76 bits per heavy atom. The van der Waals surface area contributed by atoms with Crippen molar-refractivity contribution in [2.75, 3.05) is 5.32 Å². The number of halogens is 1. The van der Waals surface area contributed by atoms with E-state index in [4.69, 9.17) is 11.6 Å². The monoisotopic (exact) mass is 297 g/mol. The highest BCUT2D eigenvalue weighted by atomic mass is 35.5. The van der Waals surface area contributed by atoms with Crippen molar-refractivity contribution in [3.8, 4) is 0 Å². The molecule has 2 aromatic carbocycles. The topological polar surface area (TPSA) is 12.0 Å². The highest BCUT2D eigenvalue weighted by molar-refractivity contribution is 6.30. The molecule has 0 fully saturated rings. The van der Waals surface area contributed by atoms with E-state index in [-0.39, 0.29) is 0 Å². The molecule has 0 heterocycles. The van der Waals surface area contributed by atoms with E-state index in [9.17, 15) is 0 Å². The minimum atomic E-state index is 0.506. The number of rotatable bonds is 2. The highest BCUT2D eigenvalue weighted by Gasteiger charge is 2.23. The van der Waals surface area contributed by atoms with Crippen LogP contribution in [0.15, 0.2) is 36.4 Å². The molecule has 0 aromatic heterocycles. The van der Waals surface area contributed by atoms with Gasteiger partial charge in [0.05, 0.1) is 0 Å². The molecule has 0 bridgehead atoms. The van der Waals surface area contributed by atoms with Gasteiger partial charge in [0.2, 0.25) is 0 Å². The van der Waals surface area contributed by atoms with Gasteiger partial charge >= 0.3 is 0 Å². The van der Waals surface area contributed by atoms with Crippen LogP contribution in [-0.2, 0) is 25.7 Å². The normalized spacial score (nSPS) is 20.0. The molecule has 0 amide bonds. The zero-order valence-corrected chi connectivity index (χ0v) is 12.9. The van der Waals surface area contributed by atoms with Gasteiger partial charge in [0.25, 0.3) is 0 Å². The number of hydrogen-bond donors (Lipinski definition) is 1. The lowest BCUT2D eigenvalue weighted by molar-refractivity contribution is 0.682. The predicted octanol–water partition coefficient (Wildman–Crippen LogP) is 4.80. The summed E-state index contributed by atoms with van der Waals surface area (Å²) in [5.41, 5.74) is 7.31. The lowest BCUT2D eigenvalue weighted by Crippen LogP contribution is -2.21. The van der Waals surface area contributed by atoms with E-state index in [1.54, 1.807) is 11.1 Å². The van der Waals surface area contributed by atoms with Gasteiger partial charge in [0, 0.05) is 16.8 Å². The van der Waals surface area contributed by atoms with Crippen LogP contribution in [0, 0.1) is 0 Å². The Kier molecular flexibility index (Phi) is 3.39. The number of nitrogens with one attached hydrogen (secondary N) is 1. The fourth-order valence-corrected chi connectivity index (χ4v) is 4.02. The Morgan fingerprint density at radius 1 is 0.905 bits per heavy atom. The lowest BCUT2D eigenvalue weighted by Gasteiger charge is -2.22. The van der Waals surface area contributed by atoms with Gasteiger partial charge in [-0.1, -0.05) is 29.8 Å². The molecule has 21 heavy (non-hydrogen) atoms. The van der Waals surface area contributed by atoms with Gasteiger partial charge in [-0.05, 0) is 79.0 Å². The summed E-state index contributed by atoms with van der Waals surface area (Å²) in [4.78, 5) is 0. The molecule has 4 rings (SSSR count). The lowest BCUT2D eigenvalue weighted by atomic mass is 9.90. The summed E-state index contributed by atoms with van der Waals surface area (Å²) in [6.07, 6.45) is 7.32. The summed E-state index contributed by atoms with van der Waals surface area (Å²) in [6.45, 7) is 0. The van der Waals surface area contributed by atoms with Gasteiger partial charge in [-0.15, -0.1) is 0 Å². The van der Waals surface area contributed by atoms with E-state index in [0.29, 0.717) is 6.04 Å². The molecule has 0 saturated carbocycles. The van der Waals surface area contributed by atoms with Crippen molar-refractivity contribution in [3.63, 3.8) is 0 Å².